The summed E-state index contributed by atoms with van der Waals surface area (Å²) in [5, 5.41) is 13.1. The third-order valence-electron chi connectivity index (χ3n) is 4.69. The first-order valence-corrected chi connectivity index (χ1v) is 9.61. The Morgan fingerprint density at radius 2 is 1.93 bits per heavy atom. The van der Waals surface area contributed by atoms with Crippen molar-refractivity contribution in [2.24, 2.45) is 0 Å². The number of aryl methyl sites for hydroxylation is 1. The Balaban J connectivity index is 1.50. The van der Waals surface area contributed by atoms with Gasteiger partial charge in [-0.3, -0.25) is 14.7 Å². The fourth-order valence-electron chi connectivity index (χ4n) is 3.16. The number of anilines is 1. The summed E-state index contributed by atoms with van der Waals surface area (Å²) in [5.74, 6) is 0.389. The smallest absolute Gasteiger partial charge is 0.261 e. The molecule has 3 rings (SSSR count). The quantitative estimate of drug-likeness (QED) is 0.571. The van der Waals surface area contributed by atoms with E-state index in [0.29, 0.717) is 17.4 Å². The Morgan fingerprint density at radius 3 is 2.66 bits per heavy atom. The van der Waals surface area contributed by atoms with Crippen LogP contribution in [0.1, 0.15) is 37.8 Å². The molecule has 1 heterocycles. The molecule has 3 N–H and O–H groups in total. The molecule has 0 spiro atoms. The first-order valence-electron chi connectivity index (χ1n) is 9.61. The van der Waals surface area contributed by atoms with E-state index in [1.165, 1.54) is 5.56 Å². The van der Waals surface area contributed by atoms with Gasteiger partial charge in [0.05, 0.1) is 18.3 Å². The number of hydrogen-bond donors (Lipinski definition) is 3. The molecule has 0 aliphatic carbocycles. The zero-order chi connectivity index (χ0) is 21.0. The number of nitrogens with one attached hydrogen (secondary N) is 3. The molecule has 3 aromatic rings. The summed E-state index contributed by atoms with van der Waals surface area (Å²) in [6.07, 6.45) is 0.994. The molecule has 0 saturated heterocycles. The van der Waals surface area contributed by atoms with Crippen molar-refractivity contribution in [3.05, 3.63) is 53.7 Å². The Labute approximate surface area is 169 Å². The van der Waals surface area contributed by atoms with Gasteiger partial charge in [0, 0.05) is 11.1 Å². The number of rotatable bonds is 7. The van der Waals surface area contributed by atoms with Crippen LogP contribution in [0, 0.1) is 6.92 Å². The SMILES string of the molecule is Cc1cc(O[C@H](C)C(=O)NCC(=O)Nc2ccc3cn[nH]c3c2)ccc1C(C)C. The number of ether oxygens (including phenoxy) is 1. The van der Waals surface area contributed by atoms with Crippen LogP contribution in [-0.2, 0) is 9.59 Å². The molecule has 0 bridgehead atoms. The molecule has 2 aromatic carbocycles. The molecule has 0 fully saturated rings. The Bertz CT molecular complexity index is 1030. The monoisotopic (exact) mass is 394 g/mol. The largest absolute Gasteiger partial charge is 0.481 e. The fourth-order valence-corrected chi connectivity index (χ4v) is 3.16. The highest BCUT2D eigenvalue weighted by Crippen LogP contribution is 2.24. The van der Waals surface area contributed by atoms with Gasteiger partial charge < -0.3 is 15.4 Å². The lowest BCUT2D eigenvalue weighted by molar-refractivity contribution is -0.129. The third-order valence-corrected chi connectivity index (χ3v) is 4.69. The van der Waals surface area contributed by atoms with Crippen molar-refractivity contribution >= 4 is 28.4 Å². The van der Waals surface area contributed by atoms with Gasteiger partial charge in [0.1, 0.15) is 5.75 Å². The molecule has 0 saturated carbocycles. The first-order chi connectivity index (χ1) is 13.8. The van der Waals surface area contributed by atoms with Crippen LogP contribution >= 0.6 is 0 Å². The molecule has 2 amide bonds. The maximum atomic E-state index is 12.3. The summed E-state index contributed by atoms with van der Waals surface area (Å²) in [4.78, 5) is 24.4. The number of H-pyrrole nitrogens is 1. The van der Waals surface area contributed by atoms with Gasteiger partial charge in [-0.15, -0.1) is 0 Å². The summed E-state index contributed by atoms with van der Waals surface area (Å²) in [6, 6.07) is 11.2. The summed E-state index contributed by atoms with van der Waals surface area (Å²) in [5.41, 5.74) is 3.83. The van der Waals surface area contributed by atoms with Gasteiger partial charge >= 0.3 is 0 Å². The van der Waals surface area contributed by atoms with Gasteiger partial charge in [-0.2, -0.15) is 5.10 Å². The number of carbonyl (C=O) groups excluding carboxylic acids is 2. The summed E-state index contributed by atoms with van der Waals surface area (Å²) < 4.78 is 5.73. The van der Waals surface area contributed by atoms with Crippen molar-refractivity contribution in [3.63, 3.8) is 0 Å². The van der Waals surface area contributed by atoms with E-state index in [1.807, 2.05) is 31.2 Å². The lowest BCUT2D eigenvalue weighted by Gasteiger charge is -2.17. The van der Waals surface area contributed by atoms with Crippen LogP contribution in [0.5, 0.6) is 5.75 Å². The number of nitrogens with zero attached hydrogens (tertiary/aromatic N) is 1. The Morgan fingerprint density at radius 1 is 1.14 bits per heavy atom. The number of aromatic nitrogens is 2. The van der Waals surface area contributed by atoms with Crippen molar-refractivity contribution in [3.8, 4) is 5.75 Å². The van der Waals surface area contributed by atoms with Crippen LogP contribution in [0.25, 0.3) is 10.9 Å². The number of hydrogen-bond acceptors (Lipinski definition) is 4. The van der Waals surface area contributed by atoms with Crippen LogP contribution < -0.4 is 15.4 Å². The standard InChI is InChI=1S/C22H26N4O3/c1-13(2)19-8-7-18(9-14(19)3)29-15(4)22(28)23-12-21(27)25-17-6-5-16-11-24-26-20(16)10-17/h5-11,13,15H,12H2,1-4H3,(H,23,28)(H,24,26)(H,25,27)/t15-/m1/s1. The van der Waals surface area contributed by atoms with E-state index in [2.05, 4.69) is 34.7 Å². The van der Waals surface area contributed by atoms with Gasteiger partial charge in [0.25, 0.3) is 5.91 Å². The van der Waals surface area contributed by atoms with Gasteiger partial charge in [0.2, 0.25) is 5.91 Å². The maximum absolute atomic E-state index is 12.3. The van der Waals surface area contributed by atoms with Crippen molar-refractivity contribution in [1.29, 1.82) is 0 Å². The van der Waals surface area contributed by atoms with Crippen LogP contribution in [0.3, 0.4) is 0 Å². The van der Waals surface area contributed by atoms with Gasteiger partial charge in [-0.25, -0.2) is 0 Å². The molecular weight excluding hydrogens is 368 g/mol. The molecule has 0 radical (unpaired) electrons. The van der Waals surface area contributed by atoms with E-state index < -0.39 is 6.10 Å². The zero-order valence-electron chi connectivity index (χ0n) is 17.1. The van der Waals surface area contributed by atoms with Crippen LogP contribution in [-0.4, -0.2) is 34.7 Å². The van der Waals surface area contributed by atoms with Gasteiger partial charge in [-0.05, 0) is 61.2 Å². The molecule has 7 nitrogen and oxygen atoms in total. The molecule has 0 aliphatic rings. The second-order valence-corrected chi connectivity index (χ2v) is 7.37. The number of carbonyl (C=O) groups is 2. The van der Waals surface area contributed by atoms with E-state index >= 15 is 0 Å². The normalized spacial score (nSPS) is 12.0. The van der Waals surface area contributed by atoms with E-state index in [-0.39, 0.29) is 18.4 Å². The van der Waals surface area contributed by atoms with Crippen LogP contribution in [0.2, 0.25) is 0 Å². The summed E-state index contributed by atoms with van der Waals surface area (Å²) in [7, 11) is 0. The predicted molar refractivity (Wildman–Crippen MR) is 113 cm³/mol. The first kappa shape index (κ1) is 20.4. The van der Waals surface area contributed by atoms with Crippen molar-refractivity contribution in [1.82, 2.24) is 15.5 Å². The topological polar surface area (TPSA) is 96.1 Å². The van der Waals surface area contributed by atoms with Crippen LogP contribution in [0.4, 0.5) is 5.69 Å². The Kier molecular flexibility index (Phi) is 6.16. The van der Waals surface area contributed by atoms with Crippen molar-refractivity contribution in [2.75, 3.05) is 11.9 Å². The third kappa shape index (κ3) is 5.13. The molecule has 1 atom stereocenters. The Hall–Kier alpha value is -3.35. The van der Waals surface area contributed by atoms with E-state index in [1.54, 1.807) is 25.3 Å². The number of amides is 2. The second kappa shape index (κ2) is 8.77. The minimum atomic E-state index is -0.714. The molecule has 152 valence electrons. The molecule has 0 aliphatic heterocycles. The highest BCUT2D eigenvalue weighted by atomic mass is 16.5. The van der Waals surface area contributed by atoms with Crippen molar-refractivity contribution in [2.45, 2.75) is 39.7 Å². The van der Waals surface area contributed by atoms with Crippen LogP contribution in [0.15, 0.2) is 42.6 Å². The average molecular weight is 394 g/mol. The van der Waals surface area contributed by atoms with E-state index in [9.17, 15) is 9.59 Å². The average Bonchev–Trinajstić information content (AvgIpc) is 3.13. The number of benzene rings is 2. The van der Waals surface area contributed by atoms with Gasteiger partial charge in [0.15, 0.2) is 6.10 Å². The lowest BCUT2D eigenvalue weighted by Crippen LogP contribution is -2.40. The lowest BCUT2D eigenvalue weighted by atomic mass is 9.98. The number of aromatic amines is 1. The second-order valence-electron chi connectivity index (χ2n) is 7.37. The summed E-state index contributed by atoms with van der Waals surface area (Å²) in [6.45, 7) is 7.82. The van der Waals surface area contributed by atoms with E-state index in [0.717, 1.165) is 16.5 Å². The van der Waals surface area contributed by atoms with Crippen molar-refractivity contribution < 1.29 is 14.3 Å². The minimum absolute atomic E-state index is 0.140. The highest BCUT2D eigenvalue weighted by Gasteiger charge is 2.16. The highest BCUT2D eigenvalue weighted by molar-refractivity contribution is 5.96. The maximum Gasteiger partial charge on any atom is 0.261 e. The predicted octanol–water partition coefficient (Wildman–Crippen LogP) is 3.52. The fraction of sp³-hybridized carbons (Fsp3) is 0.318. The van der Waals surface area contributed by atoms with E-state index in [4.69, 9.17) is 4.74 Å². The summed E-state index contributed by atoms with van der Waals surface area (Å²) >= 11 is 0. The minimum Gasteiger partial charge on any atom is -0.481 e. The number of fused-ring (bicyclic) bond motifs is 1. The molecule has 29 heavy (non-hydrogen) atoms. The molecular formula is C22H26N4O3. The van der Waals surface area contributed by atoms with Gasteiger partial charge in [-0.1, -0.05) is 19.9 Å². The molecule has 0 unspecified atom stereocenters. The molecule has 7 heteroatoms. The molecule has 1 aromatic heterocycles. The zero-order valence-corrected chi connectivity index (χ0v) is 17.1.